The zero-order valence-corrected chi connectivity index (χ0v) is 43.6. The summed E-state index contributed by atoms with van der Waals surface area (Å²) in [7, 11) is 0. The highest BCUT2D eigenvalue weighted by Crippen LogP contribution is 2.14. The van der Waals surface area contributed by atoms with Gasteiger partial charge in [0.05, 0.1) is 0 Å². The molecule has 0 unspecified atom stereocenters. The number of esters is 3. The summed E-state index contributed by atoms with van der Waals surface area (Å²) in [6.45, 7) is 6.44. The maximum absolute atomic E-state index is 12.8. The summed E-state index contributed by atoms with van der Waals surface area (Å²) in [5.74, 6) is -0.970. The Labute approximate surface area is 413 Å². The molecule has 67 heavy (non-hydrogen) atoms. The molecule has 0 amide bonds. The standard InChI is InChI=1S/C61H102O6/c1-4-7-10-13-16-19-22-25-28-30-33-36-39-42-45-48-51-54-60(63)66-57-58(56-65-59(62)53-50-47-44-41-38-35-32-27-24-21-18-15-12-9-6-3)67-61(64)55-52-49-46-43-40-37-34-31-29-26-23-20-17-14-11-8-5-2/h9,12,16,18-19,21,25-29,32-33,36,38,41,58H,4-8,10-11,13-15,17,20,22-24,30-31,34-35,37,39-40,42-57H2,1-3H3/b12-9-,19-16-,21-18-,28-25-,29-26-,32-27-,36-33-,41-38-/t58-/m1/s1. The third kappa shape index (κ3) is 53.2. The molecule has 0 aromatic carbocycles. The van der Waals surface area contributed by atoms with Crippen LogP contribution in [-0.2, 0) is 28.6 Å². The maximum Gasteiger partial charge on any atom is 0.306 e. The minimum absolute atomic E-state index is 0.105. The molecule has 0 aliphatic heterocycles. The van der Waals surface area contributed by atoms with Crippen LogP contribution in [0.25, 0.3) is 0 Å². The van der Waals surface area contributed by atoms with Gasteiger partial charge < -0.3 is 14.2 Å². The minimum Gasteiger partial charge on any atom is -0.462 e. The van der Waals surface area contributed by atoms with Crippen LogP contribution >= 0.6 is 0 Å². The summed E-state index contributed by atoms with van der Waals surface area (Å²) in [6.07, 6.45) is 72.5. The Hall–Kier alpha value is -3.67. The highest BCUT2D eigenvalue weighted by molar-refractivity contribution is 5.71. The highest BCUT2D eigenvalue weighted by atomic mass is 16.6. The summed E-state index contributed by atoms with van der Waals surface area (Å²) in [5, 5.41) is 0. The zero-order valence-electron chi connectivity index (χ0n) is 43.6. The molecule has 0 spiro atoms. The predicted octanol–water partition coefficient (Wildman–Crippen LogP) is 18.5. The molecule has 0 saturated carbocycles. The van der Waals surface area contributed by atoms with Crippen LogP contribution in [0.3, 0.4) is 0 Å². The van der Waals surface area contributed by atoms with Crippen molar-refractivity contribution in [3.05, 3.63) is 97.2 Å². The maximum atomic E-state index is 12.8. The highest BCUT2D eigenvalue weighted by Gasteiger charge is 2.19. The van der Waals surface area contributed by atoms with E-state index in [4.69, 9.17) is 14.2 Å². The lowest BCUT2D eigenvalue weighted by molar-refractivity contribution is -0.167. The first-order valence-corrected chi connectivity index (χ1v) is 27.7. The van der Waals surface area contributed by atoms with Crippen molar-refractivity contribution in [1.29, 1.82) is 0 Å². The molecule has 0 rings (SSSR count). The van der Waals surface area contributed by atoms with Crippen LogP contribution in [0.5, 0.6) is 0 Å². The molecule has 6 heteroatoms. The van der Waals surface area contributed by atoms with Gasteiger partial charge in [-0.3, -0.25) is 14.4 Å². The Bertz CT molecular complexity index is 1350. The topological polar surface area (TPSA) is 78.9 Å². The molecule has 0 aliphatic carbocycles. The van der Waals surface area contributed by atoms with Gasteiger partial charge in [-0.1, -0.05) is 208 Å². The number of hydrogen-bond acceptors (Lipinski definition) is 6. The lowest BCUT2D eigenvalue weighted by atomic mass is 10.1. The molecule has 0 bridgehead atoms. The van der Waals surface area contributed by atoms with Crippen LogP contribution in [-0.4, -0.2) is 37.2 Å². The first-order valence-electron chi connectivity index (χ1n) is 27.7. The first kappa shape index (κ1) is 63.3. The van der Waals surface area contributed by atoms with E-state index in [0.717, 1.165) is 109 Å². The van der Waals surface area contributed by atoms with E-state index in [1.807, 2.05) is 0 Å². The van der Waals surface area contributed by atoms with Crippen LogP contribution in [0, 0.1) is 0 Å². The Morgan fingerprint density at radius 3 is 0.985 bits per heavy atom. The molecule has 0 heterocycles. The molecule has 0 N–H and O–H groups in total. The van der Waals surface area contributed by atoms with Crippen LogP contribution < -0.4 is 0 Å². The van der Waals surface area contributed by atoms with Crippen molar-refractivity contribution < 1.29 is 28.6 Å². The van der Waals surface area contributed by atoms with E-state index >= 15 is 0 Å². The fraction of sp³-hybridized carbons (Fsp3) is 0.689. The molecule has 382 valence electrons. The molecule has 6 nitrogen and oxygen atoms in total. The number of carbonyl (C=O) groups excluding carboxylic acids is 3. The second kappa shape index (κ2) is 54.9. The monoisotopic (exact) mass is 931 g/mol. The Balaban J connectivity index is 4.50. The van der Waals surface area contributed by atoms with Gasteiger partial charge in [0.15, 0.2) is 6.10 Å². The van der Waals surface area contributed by atoms with Crippen molar-refractivity contribution in [2.75, 3.05) is 13.2 Å². The van der Waals surface area contributed by atoms with Gasteiger partial charge in [-0.05, 0) is 122 Å². The van der Waals surface area contributed by atoms with Crippen LogP contribution in [0.15, 0.2) is 97.2 Å². The first-order chi connectivity index (χ1) is 33.0. The van der Waals surface area contributed by atoms with Gasteiger partial charge in [-0.25, -0.2) is 0 Å². The van der Waals surface area contributed by atoms with Crippen LogP contribution in [0.1, 0.15) is 252 Å². The number of unbranched alkanes of at least 4 members (excludes halogenated alkanes) is 22. The van der Waals surface area contributed by atoms with Crippen molar-refractivity contribution in [3.63, 3.8) is 0 Å². The minimum atomic E-state index is -0.807. The van der Waals surface area contributed by atoms with Crippen molar-refractivity contribution >= 4 is 17.9 Å². The molecular formula is C61H102O6. The van der Waals surface area contributed by atoms with Gasteiger partial charge in [0.2, 0.25) is 0 Å². The van der Waals surface area contributed by atoms with E-state index in [1.54, 1.807) is 0 Å². The smallest absolute Gasteiger partial charge is 0.306 e. The molecule has 0 radical (unpaired) electrons. The summed E-state index contributed by atoms with van der Waals surface area (Å²) in [6, 6.07) is 0. The van der Waals surface area contributed by atoms with Gasteiger partial charge in [-0.2, -0.15) is 0 Å². The predicted molar refractivity (Wildman–Crippen MR) is 288 cm³/mol. The van der Waals surface area contributed by atoms with Crippen molar-refractivity contribution in [2.24, 2.45) is 0 Å². The SMILES string of the molecule is CC/C=C\C/C=C\C/C=C\C/C=C\CCCCC(=O)OC[C@H](COC(=O)CCCCCC/C=C\C/C=C\C/C=C\CCCCC)OC(=O)CCCCCCCCC/C=C\CCCCCCCC. The third-order valence-corrected chi connectivity index (χ3v) is 11.5. The number of rotatable bonds is 49. The second-order valence-electron chi connectivity index (χ2n) is 18.1. The largest absolute Gasteiger partial charge is 0.462 e. The summed E-state index contributed by atoms with van der Waals surface area (Å²) in [4.78, 5) is 38.1. The van der Waals surface area contributed by atoms with E-state index in [-0.39, 0.29) is 31.1 Å². The zero-order chi connectivity index (χ0) is 48.6. The van der Waals surface area contributed by atoms with Crippen molar-refractivity contribution in [2.45, 2.75) is 258 Å². The number of carbonyl (C=O) groups is 3. The van der Waals surface area contributed by atoms with E-state index in [9.17, 15) is 14.4 Å². The average molecular weight is 931 g/mol. The van der Waals surface area contributed by atoms with Gasteiger partial charge in [0, 0.05) is 19.3 Å². The lowest BCUT2D eigenvalue weighted by Gasteiger charge is -2.18. The molecule has 0 aromatic rings. The van der Waals surface area contributed by atoms with Gasteiger partial charge in [0.25, 0.3) is 0 Å². The fourth-order valence-corrected chi connectivity index (χ4v) is 7.37. The van der Waals surface area contributed by atoms with Crippen LogP contribution in [0.4, 0.5) is 0 Å². The van der Waals surface area contributed by atoms with E-state index in [2.05, 4.69) is 118 Å². The Morgan fingerprint density at radius 2 is 0.582 bits per heavy atom. The number of hydrogen-bond donors (Lipinski definition) is 0. The number of allylic oxidation sites excluding steroid dienone is 16. The molecule has 1 atom stereocenters. The van der Waals surface area contributed by atoms with Gasteiger partial charge in [-0.15, -0.1) is 0 Å². The summed E-state index contributed by atoms with van der Waals surface area (Å²) in [5.41, 5.74) is 0. The molecule has 0 aliphatic rings. The quantitative estimate of drug-likeness (QED) is 0.0262. The fourth-order valence-electron chi connectivity index (χ4n) is 7.37. The van der Waals surface area contributed by atoms with E-state index in [1.165, 1.54) is 103 Å². The normalized spacial score (nSPS) is 12.8. The Morgan fingerprint density at radius 1 is 0.313 bits per heavy atom. The molecular weight excluding hydrogens is 829 g/mol. The Kier molecular flexibility index (Phi) is 51.9. The summed E-state index contributed by atoms with van der Waals surface area (Å²) >= 11 is 0. The molecule has 0 fully saturated rings. The molecule has 0 saturated heterocycles. The van der Waals surface area contributed by atoms with Crippen molar-refractivity contribution in [3.8, 4) is 0 Å². The molecule has 0 aromatic heterocycles. The average Bonchev–Trinajstić information content (AvgIpc) is 3.33. The van der Waals surface area contributed by atoms with Gasteiger partial charge in [0.1, 0.15) is 13.2 Å². The van der Waals surface area contributed by atoms with Crippen molar-refractivity contribution in [1.82, 2.24) is 0 Å². The van der Waals surface area contributed by atoms with Crippen LogP contribution in [0.2, 0.25) is 0 Å². The lowest BCUT2D eigenvalue weighted by Crippen LogP contribution is -2.30. The van der Waals surface area contributed by atoms with Gasteiger partial charge >= 0.3 is 17.9 Å². The number of ether oxygens (including phenoxy) is 3. The summed E-state index contributed by atoms with van der Waals surface area (Å²) < 4.78 is 16.8. The van der Waals surface area contributed by atoms with E-state index in [0.29, 0.717) is 19.3 Å². The second-order valence-corrected chi connectivity index (χ2v) is 18.1. The third-order valence-electron chi connectivity index (χ3n) is 11.5. The van der Waals surface area contributed by atoms with E-state index < -0.39 is 6.10 Å².